The fraction of sp³-hybridized carbons (Fsp3) is 0.407. The number of rotatable bonds is 3. The molecule has 1 N–H and O–H groups in total. The highest BCUT2D eigenvalue weighted by Gasteiger charge is 2.38. The molecule has 0 bridgehead atoms. The number of amides is 2. The molecule has 2 amide bonds. The molecule has 31 heavy (non-hydrogen) atoms. The minimum Gasteiger partial charge on any atom is -0.282 e. The van der Waals surface area contributed by atoms with E-state index in [1.807, 2.05) is 12.1 Å². The number of hydrogen-bond donors (Lipinski definition) is 1. The zero-order valence-electron chi connectivity index (χ0n) is 19.3. The van der Waals surface area contributed by atoms with Gasteiger partial charge in [0.15, 0.2) is 0 Å². The first-order chi connectivity index (χ1) is 14.4. The Labute approximate surface area is 189 Å². The molecule has 0 atom stereocenters. The Morgan fingerprint density at radius 3 is 2.03 bits per heavy atom. The average molecular weight is 434 g/mol. The monoisotopic (exact) mass is 433 g/mol. The van der Waals surface area contributed by atoms with Crippen LogP contribution in [0.15, 0.2) is 47.4 Å². The lowest BCUT2D eigenvalue weighted by molar-refractivity contribution is -0.115. The predicted octanol–water partition coefficient (Wildman–Crippen LogP) is 6.69. The van der Waals surface area contributed by atoms with Crippen molar-refractivity contribution >= 4 is 29.0 Å². The van der Waals surface area contributed by atoms with Crippen LogP contribution < -0.4 is 5.32 Å². The average Bonchev–Trinajstić information content (AvgIpc) is 3.02. The highest BCUT2D eigenvalue weighted by atomic mass is 32.2. The summed E-state index contributed by atoms with van der Waals surface area (Å²) in [5.74, 6) is -0.320. The number of carbonyl (C=O) groups excluding carboxylic acids is 2. The van der Waals surface area contributed by atoms with Crippen molar-refractivity contribution in [2.75, 3.05) is 0 Å². The minimum absolute atomic E-state index is 0.145. The summed E-state index contributed by atoms with van der Waals surface area (Å²) in [5, 5.41) is 1.99. The van der Waals surface area contributed by atoms with Crippen LogP contribution in [0.25, 0.3) is 6.08 Å². The quantitative estimate of drug-likeness (QED) is 0.549. The Morgan fingerprint density at radius 1 is 0.871 bits per heavy atom. The van der Waals surface area contributed by atoms with Gasteiger partial charge in [-0.15, -0.1) is 0 Å². The van der Waals surface area contributed by atoms with Gasteiger partial charge in [0.1, 0.15) is 0 Å². The summed E-state index contributed by atoms with van der Waals surface area (Å²) in [6.45, 7) is 14.0. The molecule has 3 nitrogen and oxygen atoms in total. The highest BCUT2D eigenvalue weighted by molar-refractivity contribution is 8.18. The molecular weight excluding hydrogens is 402 g/mol. The first-order valence-electron chi connectivity index (χ1n) is 10.9. The Balaban J connectivity index is 1.67. The smallest absolute Gasteiger partial charge is 0.282 e. The van der Waals surface area contributed by atoms with E-state index in [0.717, 1.165) is 17.3 Å². The van der Waals surface area contributed by atoms with Crippen molar-refractivity contribution in [1.82, 2.24) is 5.32 Å². The number of nitrogens with one attached hydrogen (secondary N) is 1. The lowest BCUT2D eigenvalue weighted by Crippen LogP contribution is -2.34. The van der Waals surface area contributed by atoms with E-state index in [0.29, 0.717) is 4.91 Å². The third-order valence-electron chi connectivity index (χ3n) is 7.15. The molecule has 162 valence electrons. The van der Waals surface area contributed by atoms with E-state index >= 15 is 0 Å². The van der Waals surface area contributed by atoms with Crippen molar-refractivity contribution in [3.8, 4) is 0 Å². The fourth-order valence-corrected chi connectivity index (χ4v) is 5.39. The fourth-order valence-electron chi connectivity index (χ4n) is 4.71. The van der Waals surface area contributed by atoms with Crippen LogP contribution in [0.4, 0.5) is 4.79 Å². The summed E-state index contributed by atoms with van der Waals surface area (Å²) in [6, 6.07) is 15.4. The summed E-state index contributed by atoms with van der Waals surface area (Å²) >= 11 is 0.949. The summed E-state index contributed by atoms with van der Waals surface area (Å²) in [6.07, 6.45) is 4.19. The molecule has 2 aromatic carbocycles. The second-order valence-electron chi connectivity index (χ2n) is 10.6. The van der Waals surface area contributed by atoms with Crippen LogP contribution in [0.1, 0.15) is 82.2 Å². The van der Waals surface area contributed by atoms with Crippen LogP contribution in [-0.4, -0.2) is 11.1 Å². The van der Waals surface area contributed by atoms with Gasteiger partial charge in [-0.3, -0.25) is 14.9 Å². The second-order valence-corrected chi connectivity index (χ2v) is 11.6. The molecule has 0 unspecified atom stereocenters. The molecule has 0 aromatic heterocycles. The van der Waals surface area contributed by atoms with Gasteiger partial charge in [-0.25, -0.2) is 0 Å². The van der Waals surface area contributed by atoms with E-state index in [1.165, 1.54) is 35.1 Å². The molecule has 2 aromatic rings. The number of carbonyl (C=O) groups is 2. The van der Waals surface area contributed by atoms with Crippen molar-refractivity contribution in [1.29, 1.82) is 0 Å². The summed E-state index contributed by atoms with van der Waals surface area (Å²) in [7, 11) is 0. The first kappa shape index (κ1) is 21.9. The van der Waals surface area contributed by atoms with Gasteiger partial charge in [0.05, 0.1) is 4.91 Å². The van der Waals surface area contributed by atoms with Crippen molar-refractivity contribution in [2.24, 2.45) is 0 Å². The zero-order chi connectivity index (χ0) is 22.6. The van der Waals surface area contributed by atoms with Gasteiger partial charge in [0.2, 0.25) is 0 Å². The highest BCUT2D eigenvalue weighted by Crippen LogP contribution is 2.47. The summed E-state index contributed by atoms with van der Waals surface area (Å²) < 4.78 is 0. The SMILES string of the molecule is CC1(C)CCC(C)(C)c2cc(C(C)(C)c3ccc(C=C4SC(=O)NC4=O)cc3)ccc21. The van der Waals surface area contributed by atoms with Gasteiger partial charge in [0.25, 0.3) is 11.1 Å². The Hall–Kier alpha value is -2.33. The van der Waals surface area contributed by atoms with Crippen molar-refractivity contribution in [3.63, 3.8) is 0 Å². The van der Waals surface area contributed by atoms with Gasteiger partial charge in [0, 0.05) is 5.41 Å². The number of fused-ring (bicyclic) bond motifs is 1. The molecule has 1 saturated heterocycles. The largest absolute Gasteiger partial charge is 0.290 e. The number of imide groups is 1. The maximum absolute atomic E-state index is 11.8. The molecule has 1 heterocycles. The molecule has 0 saturated carbocycles. The third kappa shape index (κ3) is 3.98. The topological polar surface area (TPSA) is 46.2 Å². The number of benzene rings is 2. The van der Waals surface area contributed by atoms with E-state index in [4.69, 9.17) is 0 Å². The molecule has 0 radical (unpaired) electrons. The van der Waals surface area contributed by atoms with Gasteiger partial charge in [-0.05, 0) is 69.3 Å². The molecule has 1 aliphatic carbocycles. The molecular formula is C27H31NO2S. The van der Waals surface area contributed by atoms with Crippen molar-refractivity contribution in [2.45, 2.75) is 70.6 Å². The van der Waals surface area contributed by atoms with Gasteiger partial charge in [-0.2, -0.15) is 0 Å². The standard InChI is InChI=1S/C27H31NO2S/c1-25(2)13-14-26(3,4)21-16-19(11-12-20(21)25)27(5,6)18-9-7-17(8-10-18)15-22-23(29)28-24(30)31-22/h7-12,15-16H,13-14H2,1-6H3,(H,28,29,30). The lowest BCUT2D eigenvalue weighted by atomic mass is 9.62. The van der Waals surface area contributed by atoms with Crippen LogP contribution >= 0.6 is 11.8 Å². The lowest BCUT2D eigenvalue weighted by Gasteiger charge is -2.43. The van der Waals surface area contributed by atoms with Gasteiger partial charge >= 0.3 is 0 Å². The molecule has 4 rings (SSSR count). The number of thioether (sulfide) groups is 1. The molecule has 1 fully saturated rings. The maximum atomic E-state index is 11.8. The summed E-state index contributed by atoms with van der Waals surface area (Å²) in [4.78, 5) is 23.6. The molecule has 0 spiro atoms. The van der Waals surface area contributed by atoms with E-state index in [1.54, 1.807) is 6.08 Å². The summed E-state index contributed by atoms with van der Waals surface area (Å²) in [5.41, 5.74) is 6.67. The van der Waals surface area contributed by atoms with Crippen LogP contribution in [0, 0.1) is 0 Å². The van der Waals surface area contributed by atoms with Crippen molar-refractivity contribution < 1.29 is 9.59 Å². The first-order valence-corrected chi connectivity index (χ1v) is 11.7. The van der Waals surface area contributed by atoms with E-state index < -0.39 is 0 Å². The van der Waals surface area contributed by atoms with Crippen LogP contribution in [0.2, 0.25) is 0 Å². The van der Waals surface area contributed by atoms with E-state index in [-0.39, 0.29) is 27.4 Å². The normalized spacial score (nSPS) is 21.2. The van der Waals surface area contributed by atoms with E-state index in [2.05, 4.69) is 77.2 Å². The van der Waals surface area contributed by atoms with Gasteiger partial charge in [-0.1, -0.05) is 84.0 Å². The molecule has 4 heteroatoms. The molecule has 1 aliphatic heterocycles. The van der Waals surface area contributed by atoms with Crippen molar-refractivity contribution in [3.05, 3.63) is 75.2 Å². The van der Waals surface area contributed by atoms with Crippen LogP contribution in [-0.2, 0) is 21.0 Å². The predicted molar refractivity (Wildman–Crippen MR) is 129 cm³/mol. The van der Waals surface area contributed by atoms with Gasteiger partial charge < -0.3 is 0 Å². The Bertz CT molecular complexity index is 1090. The van der Waals surface area contributed by atoms with Crippen LogP contribution in [0.5, 0.6) is 0 Å². The Morgan fingerprint density at radius 2 is 1.45 bits per heavy atom. The Kier molecular flexibility index (Phi) is 5.20. The molecule has 2 aliphatic rings. The maximum Gasteiger partial charge on any atom is 0.290 e. The zero-order valence-corrected chi connectivity index (χ0v) is 20.1. The van der Waals surface area contributed by atoms with Crippen LogP contribution in [0.3, 0.4) is 0 Å². The minimum atomic E-state index is -0.320. The van der Waals surface area contributed by atoms with E-state index in [9.17, 15) is 9.59 Å². The third-order valence-corrected chi connectivity index (χ3v) is 7.96. The number of hydrogen-bond acceptors (Lipinski definition) is 3. The second kappa shape index (κ2) is 7.37.